The first-order chi connectivity index (χ1) is 11.7. The minimum Gasteiger partial charge on any atom is -0.396 e. The maximum Gasteiger partial charge on any atom is 0.469 e. The summed E-state index contributed by atoms with van der Waals surface area (Å²) in [5, 5.41) is 17.9. The summed E-state index contributed by atoms with van der Waals surface area (Å²) >= 11 is 0. The number of hydrogen-bond donors (Lipinski definition) is 9. The summed E-state index contributed by atoms with van der Waals surface area (Å²) in [5.74, 6) is 0.125. The summed E-state index contributed by atoms with van der Waals surface area (Å²) in [4.78, 5) is 44.2. The fourth-order valence-corrected chi connectivity index (χ4v) is 2.03. The van der Waals surface area contributed by atoms with Gasteiger partial charge in [0.25, 0.3) is 0 Å². The predicted octanol–water partition coefficient (Wildman–Crippen LogP) is -3.21. The van der Waals surface area contributed by atoms with Crippen molar-refractivity contribution in [1.82, 2.24) is 15.0 Å². The Balaban J connectivity index is 0.000000577. The van der Waals surface area contributed by atoms with Gasteiger partial charge in [0.05, 0.1) is 31.8 Å². The van der Waals surface area contributed by atoms with Gasteiger partial charge in [0.2, 0.25) is 17.8 Å². The number of aliphatic hydroxyl groups is 2. The first-order valence-electron chi connectivity index (χ1n) is 6.36. The van der Waals surface area contributed by atoms with E-state index in [2.05, 4.69) is 24.0 Å². The SMILES string of the molecule is Nc1nc(N)nc(N)n1.O=P(O)(O)OCC(CO)(CO)COP(=O)(O)O. The Kier molecular flexibility index (Phi) is 9.47. The van der Waals surface area contributed by atoms with Crippen LogP contribution in [-0.4, -0.2) is 71.2 Å². The highest BCUT2D eigenvalue weighted by atomic mass is 31.2. The number of phosphoric acid groups is 2. The topological polar surface area (TPSA) is 291 Å². The van der Waals surface area contributed by atoms with Gasteiger partial charge in [0.1, 0.15) is 0 Å². The zero-order valence-corrected chi connectivity index (χ0v) is 14.9. The molecule has 0 saturated carbocycles. The normalized spacial score (nSPS) is 12.4. The van der Waals surface area contributed by atoms with Crippen LogP contribution in [0, 0.1) is 5.41 Å². The van der Waals surface area contributed by atoms with Gasteiger partial charge < -0.3 is 47.0 Å². The minimum absolute atomic E-state index is 0.0417. The quantitative estimate of drug-likeness (QED) is 0.186. The highest BCUT2D eigenvalue weighted by molar-refractivity contribution is 7.46. The molecular weight excluding hydrogens is 402 g/mol. The lowest BCUT2D eigenvalue weighted by atomic mass is 9.93. The molecule has 1 heterocycles. The molecule has 0 bridgehead atoms. The van der Waals surface area contributed by atoms with E-state index in [1.165, 1.54) is 0 Å². The van der Waals surface area contributed by atoms with Crippen LogP contribution in [0.5, 0.6) is 0 Å². The molecule has 0 aliphatic carbocycles. The highest BCUT2D eigenvalue weighted by Crippen LogP contribution is 2.41. The largest absolute Gasteiger partial charge is 0.469 e. The smallest absolute Gasteiger partial charge is 0.396 e. The molecule has 1 aromatic heterocycles. The van der Waals surface area contributed by atoms with Crippen LogP contribution >= 0.6 is 15.6 Å². The number of rotatable bonds is 8. The summed E-state index contributed by atoms with van der Waals surface area (Å²) in [6.45, 7) is -3.35. The van der Waals surface area contributed by atoms with Crippen molar-refractivity contribution in [1.29, 1.82) is 0 Å². The lowest BCUT2D eigenvalue weighted by Gasteiger charge is -2.28. The van der Waals surface area contributed by atoms with E-state index in [1.807, 2.05) is 0 Å². The summed E-state index contributed by atoms with van der Waals surface area (Å²) in [6, 6.07) is 0. The second-order valence-electron chi connectivity index (χ2n) is 4.75. The third-order valence-electron chi connectivity index (χ3n) is 2.44. The number of aromatic nitrogens is 3. The Hall–Kier alpha value is -1.45. The van der Waals surface area contributed by atoms with Gasteiger partial charge in [-0.3, -0.25) is 9.05 Å². The summed E-state index contributed by atoms with van der Waals surface area (Å²) in [5.41, 5.74) is 13.7. The molecule has 0 aliphatic rings. The van der Waals surface area contributed by atoms with E-state index in [0.717, 1.165) is 0 Å². The summed E-state index contributed by atoms with van der Waals surface area (Å²) in [7, 11) is -9.65. The third kappa shape index (κ3) is 11.2. The van der Waals surface area contributed by atoms with Crippen LogP contribution in [0.2, 0.25) is 0 Å². The Bertz CT molecular complexity index is 582. The van der Waals surface area contributed by atoms with Crippen LogP contribution in [-0.2, 0) is 18.2 Å². The molecule has 0 spiro atoms. The fraction of sp³-hybridized carbons (Fsp3) is 0.625. The van der Waals surface area contributed by atoms with E-state index in [-0.39, 0.29) is 17.8 Å². The van der Waals surface area contributed by atoms with Crippen molar-refractivity contribution in [3.05, 3.63) is 0 Å². The van der Waals surface area contributed by atoms with Gasteiger partial charge in [-0.15, -0.1) is 0 Å². The second kappa shape index (κ2) is 10.0. The molecule has 0 aliphatic heterocycles. The van der Waals surface area contributed by atoms with Crippen molar-refractivity contribution < 1.29 is 48.0 Å². The molecule has 0 amide bonds. The van der Waals surface area contributed by atoms with Crippen LogP contribution < -0.4 is 17.2 Å². The molecule has 0 radical (unpaired) electrons. The molecular formula is C8H20N6O10P2. The van der Waals surface area contributed by atoms with Crippen LogP contribution in [0.4, 0.5) is 17.8 Å². The average molecular weight is 422 g/mol. The maximum absolute atomic E-state index is 10.4. The van der Waals surface area contributed by atoms with Gasteiger partial charge in [-0.1, -0.05) is 0 Å². The molecule has 1 aromatic rings. The third-order valence-corrected chi connectivity index (χ3v) is 3.37. The van der Waals surface area contributed by atoms with Crippen LogP contribution in [0.3, 0.4) is 0 Å². The molecule has 0 aromatic carbocycles. The summed E-state index contributed by atoms with van der Waals surface area (Å²) < 4.78 is 29.0. The molecule has 18 heteroatoms. The van der Waals surface area contributed by atoms with Gasteiger partial charge in [-0.25, -0.2) is 9.13 Å². The second-order valence-corrected chi connectivity index (χ2v) is 7.23. The Morgan fingerprint density at radius 2 is 1.04 bits per heavy atom. The lowest BCUT2D eigenvalue weighted by molar-refractivity contribution is -0.0307. The first kappa shape index (κ1) is 24.6. The van der Waals surface area contributed by atoms with Crippen LogP contribution in [0.1, 0.15) is 0 Å². The van der Waals surface area contributed by atoms with Gasteiger partial charge in [-0.05, 0) is 0 Å². The van der Waals surface area contributed by atoms with Crippen molar-refractivity contribution in [2.45, 2.75) is 0 Å². The van der Waals surface area contributed by atoms with Gasteiger partial charge in [0, 0.05) is 0 Å². The number of nitrogen functional groups attached to an aromatic ring is 3. The number of hydrogen-bond acceptors (Lipinski definition) is 12. The van der Waals surface area contributed by atoms with Gasteiger partial charge >= 0.3 is 15.6 Å². The molecule has 0 atom stereocenters. The van der Waals surface area contributed by atoms with Crippen molar-refractivity contribution >= 4 is 33.5 Å². The van der Waals surface area contributed by atoms with Crippen molar-refractivity contribution in [2.24, 2.45) is 5.41 Å². The molecule has 1 rings (SSSR count). The van der Waals surface area contributed by atoms with Crippen molar-refractivity contribution in [3.8, 4) is 0 Å². The molecule has 26 heavy (non-hydrogen) atoms. The van der Waals surface area contributed by atoms with Gasteiger partial charge in [0.15, 0.2) is 0 Å². The first-order valence-corrected chi connectivity index (χ1v) is 9.42. The number of aliphatic hydroxyl groups excluding tert-OH is 2. The zero-order valence-electron chi connectivity index (χ0n) is 13.1. The number of anilines is 3. The number of nitrogens with zero attached hydrogens (tertiary/aromatic N) is 3. The van der Waals surface area contributed by atoms with E-state index < -0.39 is 47.5 Å². The molecule has 152 valence electrons. The monoisotopic (exact) mass is 422 g/mol. The number of nitrogens with two attached hydrogens (primary N) is 3. The Labute approximate surface area is 146 Å². The standard InChI is InChI=1S/C5H14O10P2.C3H6N6/c6-1-5(2-7,3-14-16(8,9)10)4-15-17(11,12)13;4-1-7-2(5)9-3(6)8-1/h6-7H,1-4H2,(H2,8,9,10)(H2,11,12,13);(H6,4,5,6,7,8,9). The van der Waals surface area contributed by atoms with E-state index in [1.54, 1.807) is 0 Å². The molecule has 12 N–H and O–H groups in total. The highest BCUT2D eigenvalue weighted by Gasteiger charge is 2.35. The summed E-state index contributed by atoms with van der Waals surface area (Å²) in [6.07, 6.45) is 0. The van der Waals surface area contributed by atoms with Crippen LogP contribution in [0.15, 0.2) is 0 Å². The van der Waals surface area contributed by atoms with Crippen molar-refractivity contribution in [2.75, 3.05) is 43.6 Å². The van der Waals surface area contributed by atoms with E-state index >= 15 is 0 Å². The van der Waals surface area contributed by atoms with E-state index in [9.17, 15) is 9.13 Å². The Morgan fingerprint density at radius 3 is 1.23 bits per heavy atom. The molecule has 16 nitrogen and oxygen atoms in total. The molecule has 0 saturated heterocycles. The zero-order chi connectivity index (χ0) is 20.6. The van der Waals surface area contributed by atoms with Crippen molar-refractivity contribution in [3.63, 3.8) is 0 Å². The molecule has 0 unspecified atom stereocenters. The van der Waals surface area contributed by atoms with E-state index in [0.29, 0.717) is 0 Å². The maximum atomic E-state index is 10.4. The average Bonchev–Trinajstić information content (AvgIpc) is 2.45. The van der Waals surface area contributed by atoms with Gasteiger partial charge in [-0.2, -0.15) is 15.0 Å². The van der Waals surface area contributed by atoms with Crippen LogP contribution in [0.25, 0.3) is 0 Å². The Morgan fingerprint density at radius 1 is 0.769 bits per heavy atom. The minimum atomic E-state index is -4.82. The van der Waals surface area contributed by atoms with E-state index in [4.69, 9.17) is 47.0 Å². The lowest BCUT2D eigenvalue weighted by Crippen LogP contribution is -2.39. The predicted molar refractivity (Wildman–Crippen MR) is 85.7 cm³/mol. The molecule has 0 fully saturated rings. The number of phosphoric ester groups is 2. The fourth-order valence-electron chi connectivity index (χ4n) is 1.14.